The van der Waals surface area contributed by atoms with Crippen LogP contribution in [0.2, 0.25) is 0 Å². The third-order valence-corrected chi connectivity index (χ3v) is 5.72. The third-order valence-electron chi connectivity index (χ3n) is 3.04. The molecule has 2 rings (SSSR count). The standard InChI is InChI=1S/C13H17NO3S2/c1-2-13(15)10-4-3-5-12(8-10)19(16,17)14-11-6-7-18-9-11/h3-5,8,11,14H,2,6-7,9H2,1H3. The quantitative estimate of drug-likeness (QED) is 0.845. The summed E-state index contributed by atoms with van der Waals surface area (Å²) in [7, 11) is -3.52. The van der Waals surface area contributed by atoms with Gasteiger partial charge in [-0.3, -0.25) is 4.79 Å². The number of benzene rings is 1. The van der Waals surface area contributed by atoms with Crippen LogP contribution in [-0.2, 0) is 10.0 Å². The average Bonchev–Trinajstić information content (AvgIpc) is 2.90. The number of thioether (sulfide) groups is 1. The SMILES string of the molecule is CCC(=O)c1cccc(S(=O)(=O)NC2CCSC2)c1. The minimum absolute atomic E-state index is 0.000493. The maximum absolute atomic E-state index is 12.2. The van der Waals surface area contributed by atoms with Crippen molar-refractivity contribution in [2.24, 2.45) is 0 Å². The fourth-order valence-electron chi connectivity index (χ4n) is 1.96. The van der Waals surface area contributed by atoms with Gasteiger partial charge in [-0.25, -0.2) is 13.1 Å². The number of nitrogens with one attached hydrogen (secondary N) is 1. The van der Waals surface area contributed by atoms with Crippen molar-refractivity contribution >= 4 is 27.6 Å². The van der Waals surface area contributed by atoms with Crippen LogP contribution < -0.4 is 4.72 Å². The van der Waals surface area contributed by atoms with Crippen LogP contribution in [0.25, 0.3) is 0 Å². The highest BCUT2D eigenvalue weighted by molar-refractivity contribution is 7.99. The average molecular weight is 299 g/mol. The fraction of sp³-hybridized carbons (Fsp3) is 0.462. The molecule has 6 heteroatoms. The van der Waals surface area contributed by atoms with E-state index in [9.17, 15) is 13.2 Å². The van der Waals surface area contributed by atoms with Crippen LogP contribution in [0, 0.1) is 0 Å². The zero-order valence-electron chi connectivity index (χ0n) is 10.8. The molecule has 1 unspecified atom stereocenters. The number of Topliss-reactive ketones (excluding diaryl/α,β-unsaturated/α-hetero) is 1. The van der Waals surface area contributed by atoms with Crippen LogP contribution in [0.3, 0.4) is 0 Å². The predicted octanol–water partition coefficient (Wildman–Crippen LogP) is 2.06. The molecule has 1 N–H and O–H groups in total. The fourth-order valence-corrected chi connectivity index (χ4v) is 4.53. The molecule has 1 saturated heterocycles. The molecule has 1 aromatic carbocycles. The van der Waals surface area contributed by atoms with Crippen molar-refractivity contribution in [2.75, 3.05) is 11.5 Å². The van der Waals surface area contributed by atoms with Gasteiger partial charge in [0.05, 0.1) is 4.90 Å². The molecule has 0 spiro atoms. The molecule has 104 valence electrons. The van der Waals surface area contributed by atoms with E-state index in [1.807, 2.05) is 0 Å². The van der Waals surface area contributed by atoms with E-state index in [1.165, 1.54) is 12.1 Å². The van der Waals surface area contributed by atoms with E-state index < -0.39 is 10.0 Å². The Bertz CT molecular complexity index is 563. The Labute approximate surface area is 118 Å². The molecule has 0 bridgehead atoms. The van der Waals surface area contributed by atoms with Crippen LogP contribution in [0.4, 0.5) is 0 Å². The lowest BCUT2D eigenvalue weighted by molar-refractivity contribution is 0.0988. The minimum Gasteiger partial charge on any atom is -0.294 e. The summed E-state index contributed by atoms with van der Waals surface area (Å²) in [6, 6.07) is 6.24. The number of carbonyl (C=O) groups is 1. The van der Waals surface area contributed by atoms with Crippen molar-refractivity contribution in [3.05, 3.63) is 29.8 Å². The van der Waals surface area contributed by atoms with Crippen molar-refractivity contribution in [1.29, 1.82) is 0 Å². The highest BCUT2D eigenvalue weighted by Gasteiger charge is 2.23. The minimum atomic E-state index is -3.52. The lowest BCUT2D eigenvalue weighted by atomic mass is 10.1. The molecular formula is C13H17NO3S2. The summed E-state index contributed by atoms with van der Waals surface area (Å²) in [5.74, 6) is 1.75. The molecule has 1 heterocycles. The predicted molar refractivity (Wildman–Crippen MR) is 77.1 cm³/mol. The summed E-state index contributed by atoms with van der Waals surface area (Å²) in [6.07, 6.45) is 1.23. The maximum Gasteiger partial charge on any atom is 0.240 e. The van der Waals surface area contributed by atoms with Gasteiger partial charge in [0.25, 0.3) is 0 Å². The highest BCUT2D eigenvalue weighted by Crippen LogP contribution is 2.20. The first-order chi connectivity index (χ1) is 9.03. The van der Waals surface area contributed by atoms with Gasteiger partial charge >= 0.3 is 0 Å². The van der Waals surface area contributed by atoms with Crippen molar-refractivity contribution in [3.8, 4) is 0 Å². The molecule has 1 fully saturated rings. The second-order valence-electron chi connectivity index (χ2n) is 4.49. The van der Waals surface area contributed by atoms with Crippen molar-refractivity contribution < 1.29 is 13.2 Å². The zero-order chi connectivity index (χ0) is 13.9. The lowest BCUT2D eigenvalue weighted by Crippen LogP contribution is -2.34. The molecule has 19 heavy (non-hydrogen) atoms. The van der Waals surface area contributed by atoms with Gasteiger partial charge in [-0.05, 0) is 24.3 Å². The number of carbonyl (C=O) groups excluding carboxylic acids is 1. The molecule has 1 aromatic rings. The second-order valence-corrected chi connectivity index (χ2v) is 7.35. The monoisotopic (exact) mass is 299 g/mol. The molecule has 1 aliphatic heterocycles. The molecule has 0 saturated carbocycles. The van der Waals surface area contributed by atoms with Crippen LogP contribution in [-0.4, -0.2) is 31.7 Å². The van der Waals surface area contributed by atoms with Crippen LogP contribution in [0.15, 0.2) is 29.2 Å². The molecular weight excluding hydrogens is 282 g/mol. The first-order valence-corrected chi connectivity index (χ1v) is 8.90. The van der Waals surface area contributed by atoms with Crippen molar-refractivity contribution in [3.63, 3.8) is 0 Å². The number of hydrogen-bond donors (Lipinski definition) is 1. The lowest BCUT2D eigenvalue weighted by Gasteiger charge is -2.12. The molecule has 0 aliphatic carbocycles. The first kappa shape index (κ1) is 14.6. The smallest absolute Gasteiger partial charge is 0.240 e. The molecule has 1 aliphatic rings. The van der Waals surface area contributed by atoms with Gasteiger partial charge in [0, 0.05) is 23.8 Å². The molecule has 1 atom stereocenters. The van der Waals surface area contributed by atoms with Crippen LogP contribution in [0.5, 0.6) is 0 Å². The van der Waals surface area contributed by atoms with E-state index in [4.69, 9.17) is 0 Å². The van der Waals surface area contributed by atoms with Gasteiger partial charge in [-0.2, -0.15) is 11.8 Å². The number of hydrogen-bond acceptors (Lipinski definition) is 4. The molecule has 0 aromatic heterocycles. The van der Waals surface area contributed by atoms with Gasteiger partial charge in [-0.15, -0.1) is 0 Å². The van der Waals surface area contributed by atoms with E-state index in [2.05, 4.69) is 4.72 Å². The van der Waals surface area contributed by atoms with Crippen LogP contribution >= 0.6 is 11.8 Å². The molecule has 4 nitrogen and oxygen atoms in total. The highest BCUT2D eigenvalue weighted by atomic mass is 32.2. The third kappa shape index (κ3) is 3.58. The normalized spacial score (nSPS) is 19.5. The summed E-state index contributed by atoms with van der Waals surface area (Å²) >= 11 is 1.75. The number of rotatable bonds is 5. The Hall–Kier alpha value is -0.850. The zero-order valence-corrected chi connectivity index (χ0v) is 12.4. The molecule has 0 amide bonds. The van der Waals surface area contributed by atoms with Gasteiger partial charge in [0.2, 0.25) is 10.0 Å². The summed E-state index contributed by atoms with van der Waals surface area (Å²) in [5.41, 5.74) is 0.450. The van der Waals surface area contributed by atoms with Crippen molar-refractivity contribution in [1.82, 2.24) is 4.72 Å². The Morgan fingerprint density at radius 1 is 1.47 bits per heavy atom. The Balaban J connectivity index is 2.22. The van der Waals surface area contributed by atoms with Crippen molar-refractivity contribution in [2.45, 2.75) is 30.7 Å². The summed E-state index contributed by atoms with van der Waals surface area (Å²) in [5, 5.41) is 0. The maximum atomic E-state index is 12.2. The van der Waals surface area contributed by atoms with Gasteiger partial charge in [0.1, 0.15) is 0 Å². The second kappa shape index (κ2) is 6.07. The summed E-state index contributed by atoms with van der Waals surface area (Å²) < 4.78 is 27.1. The Morgan fingerprint density at radius 2 is 2.26 bits per heavy atom. The largest absolute Gasteiger partial charge is 0.294 e. The van der Waals surface area contributed by atoms with E-state index >= 15 is 0 Å². The van der Waals surface area contributed by atoms with Gasteiger partial charge in [0.15, 0.2) is 5.78 Å². The molecule has 0 radical (unpaired) electrons. The van der Waals surface area contributed by atoms with Crippen LogP contribution in [0.1, 0.15) is 30.1 Å². The van der Waals surface area contributed by atoms with E-state index in [0.717, 1.165) is 17.9 Å². The summed E-state index contributed by atoms with van der Waals surface area (Å²) in [4.78, 5) is 11.8. The number of sulfonamides is 1. The van der Waals surface area contributed by atoms with E-state index in [0.29, 0.717) is 12.0 Å². The van der Waals surface area contributed by atoms with E-state index in [1.54, 1.807) is 30.8 Å². The number of ketones is 1. The van der Waals surface area contributed by atoms with Gasteiger partial charge < -0.3 is 0 Å². The topological polar surface area (TPSA) is 63.2 Å². The first-order valence-electron chi connectivity index (χ1n) is 6.26. The van der Waals surface area contributed by atoms with Gasteiger partial charge in [-0.1, -0.05) is 19.1 Å². The summed E-state index contributed by atoms with van der Waals surface area (Å²) in [6.45, 7) is 1.76. The van der Waals surface area contributed by atoms with E-state index in [-0.39, 0.29) is 16.7 Å². The Morgan fingerprint density at radius 3 is 2.89 bits per heavy atom. The Kier molecular flexibility index (Phi) is 4.65.